The summed E-state index contributed by atoms with van der Waals surface area (Å²) in [6, 6.07) is 7.19. The Bertz CT molecular complexity index is 747. The van der Waals surface area contributed by atoms with Crippen LogP contribution < -0.4 is 5.32 Å². The lowest BCUT2D eigenvalue weighted by molar-refractivity contribution is -0.113. The van der Waals surface area contributed by atoms with E-state index in [1.165, 1.54) is 37.4 Å². The number of aryl methyl sites for hydroxylation is 1. The third-order valence-corrected chi connectivity index (χ3v) is 5.39. The average molecular weight is 407 g/mol. The fourth-order valence-corrected chi connectivity index (χ4v) is 3.64. The summed E-state index contributed by atoms with van der Waals surface area (Å²) in [7, 11) is 0. The van der Waals surface area contributed by atoms with E-state index in [2.05, 4.69) is 29.0 Å². The highest BCUT2D eigenvalue weighted by Gasteiger charge is 2.14. The number of amides is 1. The van der Waals surface area contributed by atoms with Gasteiger partial charge in [-0.05, 0) is 18.6 Å². The quantitative estimate of drug-likeness (QED) is 0.293. The summed E-state index contributed by atoms with van der Waals surface area (Å²) in [6.45, 7) is 6.68. The van der Waals surface area contributed by atoms with Crippen LogP contribution in [0.4, 0.5) is 5.69 Å². The molecule has 1 aromatic heterocycles. The molecule has 1 N–H and O–H groups in total. The molecule has 7 heteroatoms. The third kappa shape index (κ3) is 7.03. The Morgan fingerprint density at radius 1 is 1.26 bits per heavy atom. The molecule has 2 rings (SSSR count). The SMILES string of the molecule is C=CCn1c(CCCCCCC)nnc1SCC(=O)Nc1ccccc1Cl. The predicted molar refractivity (Wildman–Crippen MR) is 113 cm³/mol. The molecule has 0 saturated heterocycles. The summed E-state index contributed by atoms with van der Waals surface area (Å²) in [5, 5.41) is 12.7. The van der Waals surface area contributed by atoms with E-state index in [1.807, 2.05) is 22.8 Å². The lowest BCUT2D eigenvalue weighted by Gasteiger charge is -2.09. The number of halogens is 1. The first kappa shape index (κ1) is 21.5. The molecule has 0 aliphatic heterocycles. The molecule has 0 radical (unpaired) electrons. The number of nitrogens with zero attached hydrogens (tertiary/aromatic N) is 3. The van der Waals surface area contributed by atoms with Gasteiger partial charge in [0.05, 0.1) is 16.5 Å². The molecule has 0 aliphatic carbocycles. The summed E-state index contributed by atoms with van der Waals surface area (Å²) in [6.07, 6.45) is 8.82. The number of aromatic nitrogens is 3. The highest BCUT2D eigenvalue weighted by Crippen LogP contribution is 2.22. The standard InChI is InChI=1S/C20H27ClN4OS/c1-3-5-6-7-8-13-18-23-24-20(25(18)14-4-2)27-15-19(26)22-17-12-10-9-11-16(17)21/h4,9-12H,2-3,5-8,13-15H2,1H3,(H,22,26). The predicted octanol–water partition coefficient (Wildman–Crippen LogP) is 5.36. The molecular formula is C20H27ClN4OS. The Morgan fingerprint density at radius 2 is 2.04 bits per heavy atom. The maximum atomic E-state index is 12.2. The normalized spacial score (nSPS) is 10.7. The van der Waals surface area contributed by atoms with E-state index < -0.39 is 0 Å². The number of rotatable bonds is 12. The monoisotopic (exact) mass is 406 g/mol. The van der Waals surface area contributed by atoms with Crippen molar-refractivity contribution in [1.82, 2.24) is 14.8 Å². The first-order chi connectivity index (χ1) is 13.2. The van der Waals surface area contributed by atoms with Crippen LogP contribution in [0.3, 0.4) is 0 Å². The lowest BCUT2D eigenvalue weighted by atomic mass is 10.1. The maximum Gasteiger partial charge on any atom is 0.234 e. The van der Waals surface area contributed by atoms with Gasteiger partial charge < -0.3 is 9.88 Å². The number of benzene rings is 1. The second-order valence-electron chi connectivity index (χ2n) is 6.28. The molecule has 5 nitrogen and oxygen atoms in total. The molecule has 146 valence electrons. The molecule has 0 spiro atoms. The van der Waals surface area contributed by atoms with Crippen LogP contribution in [-0.2, 0) is 17.8 Å². The van der Waals surface area contributed by atoms with Crippen LogP contribution >= 0.6 is 23.4 Å². The van der Waals surface area contributed by atoms with Crippen LogP contribution in [0.5, 0.6) is 0 Å². The number of hydrogen-bond acceptors (Lipinski definition) is 4. The van der Waals surface area contributed by atoms with Crippen LogP contribution in [0.15, 0.2) is 42.1 Å². The highest BCUT2D eigenvalue weighted by molar-refractivity contribution is 7.99. The summed E-state index contributed by atoms with van der Waals surface area (Å²) in [4.78, 5) is 12.2. The van der Waals surface area contributed by atoms with Crippen LogP contribution in [-0.4, -0.2) is 26.4 Å². The average Bonchev–Trinajstić information content (AvgIpc) is 3.04. The minimum Gasteiger partial charge on any atom is -0.324 e. The first-order valence-electron chi connectivity index (χ1n) is 9.35. The van der Waals surface area contributed by atoms with Crippen LogP contribution in [0.2, 0.25) is 5.02 Å². The Balaban J connectivity index is 1.90. The number of thioether (sulfide) groups is 1. The van der Waals surface area contributed by atoms with Crippen molar-refractivity contribution in [2.45, 2.75) is 57.1 Å². The zero-order valence-corrected chi connectivity index (χ0v) is 17.4. The Hall–Kier alpha value is -1.79. The number of allylic oxidation sites excluding steroid dienone is 1. The molecule has 27 heavy (non-hydrogen) atoms. The minimum absolute atomic E-state index is 0.123. The molecule has 0 bridgehead atoms. The Morgan fingerprint density at radius 3 is 2.78 bits per heavy atom. The molecule has 1 heterocycles. The molecular weight excluding hydrogens is 380 g/mol. The van der Waals surface area contributed by atoms with E-state index in [-0.39, 0.29) is 11.7 Å². The van der Waals surface area contributed by atoms with Crippen molar-refractivity contribution in [3.05, 3.63) is 47.8 Å². The van der Waals surface area contributed by atoms with Gasteiger partial charge in [0.2, 0.25) is 5.91 Å². The van der Waals surface area contributed by atoms with E-state index in [1.54, 1.807) is 12.1 Å². The molecule has 1 amide bonds. The van der Waals surface area contributed by atoms with Crippen LogP contribution in [0.1, 0.15) is 44.9 Å². The first-order valence-corrected chi connectivity index (χ1v) is 10.7. The number of unbranched alkanes of at least 4 members (excludes halogenated alkanes) is 4. The van der Waals surface area contributed by atoms with Gasteiger partial charge in [0.15, 0.2) is 5.16 Å². The number of carbonyl (C=O) groups excluding carboxylic acids is 1. The summed E-state index contributed by atoms with van der Waals surface area (Å²) < 4.78 is 2.04. The van der Waals surface area contributed by atoms with Gasteiger partial charge in [0.1, 0.15) is 5.82 Å². The fourth-order valence-electron chi connectivity index (χ4n) is 2.69. The van der Waals surface area contributed by atoms with E-state index in [4.69, 9.17) is 11.6 Å². The number of carbonyl (C=O) groups is 1. The van der Waals surface area contributed by atoms with Crippen LogP contribution in [0, 0.1) is 0 Å². The molecule has 0 unspecified atom stereocenters. The van der Waals surface area contributed by atoms with Gasteiger partial charge in [-0.3, -0.25) is 4.79 Å². The topological polar surface area (TPSA) is 59.8 Å². The van der Waals surface area contributed by atoms with E-state index in [0.717, 1.165) is 23.8 Å². The van der Waals surface area contributed by atoms with Gasteiger partial charge >= 0.3 is 0 Å². The minimum atomic E-state index is -0.123. The van der Waals surface area contributed by atoms with Crippen molar-refractivity contribution in [2.75, 3.05) is 11.1 Å². The highest BCUT2D eigenvalue weighted by atomic mass is 35.5. The molecule has 0 atom stereocenters. The van der Waals surface area contributed by atoms with Gasteiger partial charge in [-0.15, -0.1) is 16.8 Å². The Labute approximate surface area is 170 Å². The zero-order chi connectivity index (χ0) is 19.5. The summed E-state index contributed by atoms with van der Waals surface area (Å²) in [5.74, 6) is 1.08. The fraction of sp³-hybridized carbons (Fsp3) is 0.450. The maximum absolute atomic E-state index is 12.2. The number of para-hydroxylation sites is 1. The van der Waals surface area contributed by atoms with Crippen molar-refractivity contribution in [3.8, 4) is 0 Å². The van der Waals surface area contributed by atoms with E-state index >= 15 is 0 Å². The summed E-state index contributed by atoms with van der Waals surface area (Å²) >= 11 is 7.45. The Kier molecular flexibility index (Phi) is 9.42. The second kappa shape index (κ2) is 11.8. The van der Waals surface area contributed by atoms with Crippen molar-refractivity contribution < 1.29 is 4.79 Å². The van der Waals surface area contributed by atoms with E-state index in [9.17, 15) is 4.79 Å². The smallest absolute Gasteiger partial charge is 0.234 e. The molecule has 1 aromatic carbocycles. The van der Waals surface area contributed by atoms with Gasteiger partial charge in [-0.25, -0.2) is 0 Å². The summed E-state index contributed by atoms with van der Waals surface area (Å²) in [5.41, 5.74) is 0.616. The molecule has 0 fully saturated rings. The van der Waals surface area contributed by atoms with Crippen molar-refractivity contribution in [2.24, 2.45) is 0 Å². The molecule has 0 aliphatic rings. The second-order valence-corrected chi connectivity index (χ2v) is 7.63. The lowest BCUT2D eigenvalue weighted by Crippen LogP contribution is -2.15. The van der Waals surface area contributed by atoms with Crippen LogP contribution in [0.25, 0.3) is 0 Å². The van der Waals surface area contributed by atoms with Crippen molar-refractivity contribution in [1.29, 1.82) is 0 Å². The van der Waals surface area contributed by atoms with Gasteiger partial charge in [0, 0.05) is 13.0 Å². The van der Waals surface area contributed by atoms with Gasteiger partial charge in [-0.1, -0.05) is 74.2 Å². The largest absolute Gasteiger partial charge is 0.324 e. The molecule has 0 saturated carbocycles. The number of nitrogens with one attached hydrogen (secondary N) is 1. The van der Waals surface area contributed by atoms with E-state index in [0.29, 0.717) is 17.3 Å². The number of hydrogen-bond donors (Lipinski definition) is 1. The van der Waals surface area contributed by atoms with Gasteiger partial charge in [0.25, 0.3) is 0 Å². The van der Waals surface area contributed by atoms with Gasteiger partial charge in [-0.2, -0.15) is 0 Å². The van der Waals surface area contributed by atoms with Crippen molar-refractivity contribution in [3.63, 3.8) is 0 Å². The third-order valence-electron chi connectivity index (χ3n) is 4.09. The van der Waals surface area contributed by atoms with Crippen molar-refractivity contribution >= 4 is 35.0 Å². The molecule has 2 aromatic rings. The number of anilines is 1. The zero-order valence-electron chi connectivity index (χ0n) is 15.8.